The maximum atomic E-state index is 12.3. The van der Waals surface area contributed by atoms with Crippen LogP contribution < -0.4 is 5.32 Å². The molecule has 1 unspecified atom stereocenters. The van der Waals surface area contributed by atoms with Gasteiger partial charge >= 0.3 is 0 Å². The summed E-state index contributed by atoms with van der Waals surface area (Å²) in [4.78, 5) is 2.42. The van der Waals surface area contributed by atoms with Crippen molar-refractivity contribution in [3.8, 4) is 0 Å². The first-order chi connectivity index (χ1) is 9.20. The van der Waals surface area contributed by atoms with E-state index in [0.29, 0.717) is 6.04 Å². The minimum atomic E-state index is -0.780. The van der Waals surface area contributed by atoms with Gasteiger partial charge in [-0.3, -0.25) is 0 Å². The van der Waals surface area contributed by atoms with Gasteiger partial charge in [-0.25, -0.2) is 8.51 Å². The highest BCUT2D eigenvalue weighted by Gasteiger charge is 2.23. The summed E-state index contributed by atoms with van der Waals surface area (Å²) in [5, 5.41) is 3.32. The second kappa shape index (κ2) is 7.72. The summed E-state index contributed by atoms with van der Waals surface area (Å²) in [6.07, 6.45) is 7.65. The normalized spacial score (nSPS) is 25.2. The van der Waals surface area contributed by atoms with Gasteiger partial charge in [0.05, 0.1) is 16.7 Å². The summed E-state index contributed by atoms with van der Waals surface area (Å²) < 4.78 is 14.5. The zero-order valence-corrected chi connectivity index (χ0v) is 13.3. The van der Waals surface area contributed by atoms with Gasteiger partial charge in [0.2, 0.25) is 0 Å². The lowest BCUT2D eigenvalue weighted by molar-refractivity contribution is 0.257. The van der Waals surface area contributed by atoms with Crippen molar-refractivity contribution < 1.29 is 4.21 Å². The summed E-state index contributed by atoms with van der Waals surface area (Å²) in [7, 11) is 3.44. The van der Waals surface area contributed by atoms with Crippen molar-refractivity contribution in [2.45, 2.75) is 50.6 Å². The van der Waals surface area contributed by atoms with E-state index in [1.807, 2.05) is 7.05 Å². The molecule has 0 amide bonds. The standard InChI is InChI=1S/C14H29N3OS/c1-15-13-7-9-17(10-8-13)19(18)12-11-16(2)14-5-3-4-6-14/h13-15H,3-12H2,1-2H3. The molecule has 2 fully saturated rings. The zero-order valence-electron chi connectivity index (χ0n) is 12.4. The minimum absolute atomic E-state index is 0.620. The van der Waals surface area contributed by atoms with E-state index in [4.69, 9.17) is 0 Å². The summed E-state index contributed by atoms with van der Waals surface area (Å²) in [5.41, 5.74) is 0. The molecule has 112 valence electrons. The van der Waals surface area contributed by atoms with Crippen LogP contribution in [0.5, 0.6) is 0 Å². The molecule has 2 rings (SSSR count). The smallest absolute Gasteiger partial charge is 0.0955 e. The van der Waals surface area contributed by atoms with Crippen LogP contribution in [0.1, 0.15) is 38.5 Å². The fourth-order valence-corrected chi connectivity index (χ4v) is 4.55. The van der Waals surface area contributed by atoms with Crippen LogP contribution in [0, 0.1) is 0 Å². The molecule has 0 spiro atoms. The van der Waals surface area contributed by atoms with Crippen LogP contribution in [0.15, 0.2) is 0 Å². The van der Waals surface area contributed by atoms with Gasteiger partial charge in [0.1, 0.15) is 0 Å². The molecule has 1 aliphatic carbocycles. The highest BCUT2D eigenvalue weighted by atomic mass is 32.2. The van der Waals surface area contributed by atoms with Crippen molar-refractivity contribution in [1.82, 2.24) is 14.5 Å². The molecule has 0 bridgehead atoms. The molecule has 1 aliphatic heterocycles. The molecule has 1 heterocycles. The Balaban J connectivity index is 1.66. The van der Waals surface area contributed by atoms with Gasteiger partial charge in [-0.2, -0.15) is 0 Å². The lowest BCUT2D eigenvalue weighted by Crippen LogP contribution is -2.43. The van der Waals surface area contributed by atoms with E-state index in [1.54, 1.807) is 0 Å². The number of rotatable bonds is 6. The van der Waals surface area contributed by atoms with Crippen molar-refractivity contribution >= 4 is 11.0 Å². The van der Waals surface area contributed by atoms with Gasteiger partial charge in [-0.1, -0.05) is 12.8 Å². The number of nitrogens with one attached hydrogen (secondary N) is 1. The average Bonchev–Trinajstić information content (AvgIpc) is 2.98. The molecule has 0 radical (unpaired) electrons. The SMILES string of the molecule is CNC1CCN(S(=O)CCN(C)C2CCCC2)CC1. The number of hydrogen-bond acceptors (Lipinski definition) is 3. The molecule has 4 nitrogen and oxygen atoms in total. The van der Waals surface area contributed by atoms with Crippen molar-refractivity contribution in [1.29, 1.82) is 0 Å². The fraction of sp³-hybridized carbons (Fsp3) is 1.00. The molecular formula is C14H29N3OS. The van der Waals surface area contributed by atoms with Gasteiger partial charge in [0.15, 0.2) is 0 Å². The summed E-state index contributed by atoms with van der Waals surface area (Å²) in [6, 6.07) is 1.36. The molecule has 1 atom stereocenters. The highest BCUT2D eigenvalue weighted by molar-refractivity contribution is 7.82. The van der Waals surface area contributed by atoms with Crippen molar-refractivity contribution in [2.24, 2.45) is 0 Å². The summed E-state index contributed by atoms with van der Waals surface area (Å²) >= 11 is 0. The molecule has 1 saturated carbocycles. The first kappa shape index (κ1) is 15.4. The van der Waals surface area contributed by atoms with Crippen LogP contribution in [0.3, 0.4) is 0 Å². The summed E-state index contributed by atoms with van der Waals surface area (Å²) in [6.45, 7) is 2.93. The lowest BCUT2D eigenvalue weighted by atomic mass is 10.1. The van der Waals surface area contributed by atoms with E-state index in [0.717, 1.165) is 44.3 Å². The molecule has 2 aliphatic rings. The van der Waals surface area contributed by atoms with Gasteiger partial charge < -0.3 is 10.2 Å². The molecule has 0 aromatic heterocycles. The quantitative estimate of drug-likeness (QED) is 0.797. The van der Waals surface area contributed by atoms with Crippen LogP contribution in [-0.4, -0.2) is 65.0 Å². The Morgan fingerprint density at radius 2 is 1.84 bits per heavy atom. The number of piperidine rings is 1. The lowest BCUT2D eigenvalue weighted by Gasteiger charge is -2.31. The maximum Gasteiger partial charge on any atom is 0.0955 e. The van der Waals surface area contributed by atoms with Crippen molar-refractivity contribution in [3.05, 3.63) is 0 Å². The van der Waals surface area contributed by atoms with Crippen LogP contribution in [0.2, 0.25) is 0 Å². The van der Waals surface area contributed by atoms with Crippen LogP contribution in [0.4, 0.5) is 0 Å². The van der Waals surface area contributed by atoms with E-state index in [1.165, 1.54) is 25.7 Å². The Morgan fingerprint density at radius 1 is 1.21 bits per heavy atom. The van der Waals surface area contributed by atoms with E-state index < -0.39 is 11.0 Å². The second-order valence-corrected chi connectivity index (χ2v) is 7.50. The minimum Gasteiger partial charge on any atom is -0.317 e. The Labute approximate surface area is 120 Å². The van der Waals surface area contributed by atoms with Gasteiger partial charge in [0, 0.05) is 31.7 Å². The fourth-order valence-electron chi connectivity index (χ4n) is 3.23. The van der Waals surface area contributed by atoms with Crippen molar-refractivity contribution in [2.75, 3.05) is 39.5 Å². The average molecular weight is 287 g/mol. The molecule has 0 aromatic rings. The molecular weight excluding hydrogens is 258 g/mol. The third-order valence-electron chi connectivity index (χ3n) is 4.72. The second-order valence-electron chi connectivity index (χ2n) is 5.94. The van der Waals surface area contributed by atoms with Crippen LogP contribution in [0.25, 0.3) is 0 Å². The molecule has 19 heavy (non-hydrogen) atoms. The van der Waals surface area contributed by atoms with E-state index in [-0.39, 0.29) is 0 Å². The van der Waals surface area contributed by atoms with E-state index >= 15 is 0 Å². The first-order valence-electron chi connectivity index (χ1n) is 7.71. The predicted octanol–water partition coefficient (Wildman–Crippen LogP) is 1.21. The monoisotopic (exact) mass is 287 g/mol. The topological polar surface area (TPSA) is 35.6 Å². The number of nitrogens with zero attached hydrogens (tertiary/aromatic N) is 2. The Hall–Kier alpha value is 0.0300. The third-order valence-corrected chi connectivity index (χ3v) is 6.19. The first-order valence-corrected chi connectivity index (χ1v) is 8.99. The Kier molecular flexibility index (Phi) is 6.26. The predicted molar refractivity (Wildman–Crippen MR) is 81.6 cm³/mol. The van der Waals surface area contributed by atoms with Crippen LogP contribution in [-0.2, 0) is 11.0 Å². The summed E-state index contributed by atoms with van der Waals surface area (Å²) in [5.74, 6) is 0.803. The third kappa shape index (κ3) is 4.52. The van der Waals surface area contributed by atoms with Gasteiger partial charge in [-0.15, -0.1) is 0 Å². The molecule has 5 heteroatoms. The molecule has 1 N–H and O–H groups in total. The maximum absolute atomic E-state index is 12.3. The van der Waals surface area contributed by atoms with Gasteiger partial charge in [-0.05, 0) is 39.8 Å². The van der Waals surface area contributed by atoms with Crippen LogP contribution >= 0.6 is 0 Å². The Morgan fingerprint density at radius 3 is 2.42 bits per heavy atom. The van der Waals surface area contributed by atoms with E-state index in [2.05, 4.69) is 21.6 Å². The van der Waals surface area contributed by atoms with E-state index in [9.17, 15) is 4.21 Å². The van der Waals surface area contributed by atoms with Gasteiger partial charge in [0.25, 0.3) is 0 Å². The van der Waals surface area contributed by atoms with Crippen molar-refractivity contribution in [3.63, 3.8) is 0 Å². The zero-order chi connectivity index (χ0) is 13.7. The number of hydrogen-bond donors (Lipinski definition) is 1. The molecule has 0 aromatic carbocycles. The Bertz CT molecular complexity index is 286. The highest BCUT2D eigenvalue weighted by Crippen LogP contribution is 2.22. The molecule has 1 saturated heterocycles. The largest absolute Gasteiger partial charge is 0.317 e.